The van der Waals surface area contributed by atoms with E-state index in [0.717, 1.165) is 30.5 Å². The predicted molar refractivity (Wildman–Crippen MR) is 81.6 cm³/mol. The molecule has 0 bridgehead atoms. The lowest BCUT2D eigenvalue weighted by Crippen LogP contribution is -2.30. The highest BCUT2D eigenvalue weighted by Crippen LogP contribution is 2.34. The normalized spacial score (nSPS) is 21.3. The first-order chi connectivity index (χ1) is 9.72. The second-order valence-corrected chi connectivity index (χ2v) is 6.85. The van der Waals surface area contributed by atoms with Gasteiger partial charge >= 0.3 is 0 Å². The third-order valence-electron chi connectivity index (χ3n) is 4.79. The molecule has 0 aliphatic heterocycles. The maximum absolute atomic E-state index is 13.6. The molecule has 2 saturated carbocycles. The lowest BCUT2D eigenvalue weighted by Gasteiger charge is -2.24. The van der Waals surface area contributed by atoms with Gasteiger partial charge in [-0.3, -0.25) is 0 Å². The molecule has 1 N–H and O–H groups in total. The molecule has 2 aliphatic rings. The van der Waals surface area contributed by atoms with Crippen LogP contribution in [0.15, 0.2) is 18.2 Å². The number of halogens is 2. The van der Waals surface area contributed by atoms with Crippen molar-refractivity contribution in [3.05, 3.63) is 34.6 Å². The first-order valence-corrected chi connectivity index (χ1v) is 8.27. The number of rotatable bonds is 6. The summed E-state index contributed by atoms with van der Waals surface area (Å²) in [5.41, 5.74) is 1.08. The molecule has 1 unspecified atom stereocenters. The summed E-state index contributed by atoms with van der Waals surface area (Å²) in [7, 11) is 0. The Morgan fingerprint density at radius 2 is 1.95 bits per heavy atom. The van der Waals surface area contributed by atoms with E-state index in [2.05, 4.69) is 5.32 Å². The maximum Gasteiger partial charge on any atom is 0.142 e. The minimum atomic E-state index is -0.288. The summed E-state index contributed by atoms with van der Waals surface area (Å²) in [6.07, 6.45) is 9.03. The van der Waals surface area contributed by atoms with Gasteiger partial charge in [0.05, 0.1) is 5.02 Å². The van der Waals surface area contributed by atoms with Gasteiger partial charge in [-0.2, -0.15) is 0 Å². The van der Waals surface area contributed by atoms with Crippen molar-refractivity contribution in [3.8, 4) is 0 Å². The molecule has 1 aromatic rings. The number of hydrogen-bond acceptors (Lipinski definition) is 1. The third-order valence-corrected chi connectivity index (χ3v) is 5.10. The SMILES string of the molecule is Fc1cc(CC(CNC2CC2)C2CCCC2)ccc1Cl. The summed E-state index contributed by atoms with van der Waals surface area (Å²) in [5.74, 6) is 1.16. The molecule has 0 heterocycles. The number of hydrogen-bond donors (Lipinski definition) is 1. The van der Waals surface area contributed by atoms with E-state index in [1.165, 1.54) is 38.5 Å². The standard InChI is InChI=1S/C17H23ClFN/c18-16-8-5-12(10-17(16)19)9-14(11-20-15-6-7-15)13-3-1-2-4-13/h5,8,10,13-15,20H,1-4,6-7,9,11H2. The van der Waals surface area contributed by atoms with Crippen molar-refractivity contribution in [2.45, 2.75) is 51.0 Å². The van der Waals surface area contributed by atoms with Crippen LogP contribution >= 0.6 is 11.6 Å². The zero-order chi connectivity index (χ0) is 13.9. The molecule has 2 aliphatic carbocycles. The Kier molecular flexibility index (Phi) is 4.62. The van der Waals surface area contributed by atoms with Crippen LogP contribution in [0.25, 0.3) is 0 Å². The molecule has 3 rings (SSSR count). The first kappa shape index (κ1) is 14.3. The highest BCUT2D eigenvalue weighted by atomic mass is 35.5. The molecule has 110 valence electrons. The quantitative estimate of drug-likeness (QED) is 0.810. The minimum Gasteiger partial charge on any atom is -0.314 e. The van der Waals surface area contributed by atoms with Gasteiger partial charge in [0.2, 0.25) is 0 Å². The van der Waals surface area contributed by atoms with Crippen LogP contribution in [0.3, 0.4) is 0 Å². The molecule has 20 heavy (non-hydrogen) atoms. The van der Waals surface area contributed by atoms with E-state index in [-0.39, 0.29) is 10.8 Å². The van der Waals surface area contributed by atoms with E-state index in [0.29, 0.717) is 5.92 Å². The molecule has 0 radical (unpaired) electrons. The lowest BCUT2D eigenvalue weighted by molar-refractivity contribution is 0.320. The summed E-state index contributed by atoms with van der Waals surface area (Å²) in [5, 5.41) is 3.88. The third kappa shape index (κ3) is 3.73. The number of nitrogens with one attached hydrogen (secondary N) is 1. The Morgan fingerprint density at radius 3 is 2.60 bits per heavy atom. The van der Waals surface area contributed by atoms with Crippen LogP contribution in [0.5, 0.6) is 0 Å². The van der Waals surface area contributed by atoms with Crippen LogP contribution in [0.2, 0.25) is 5.02 Å². The molecule has 0 saturated heterocycles. The fraction of sp³-hybridized carbons (Fsp3) is 0.647. The lowest BCUT2D eigenvalue weighted by atomic mass is 9.85. The summed E-state index contributed by atoms with van der Waals surface area (Å²) in [4.78, 5) is 0. The molecular weight excluding hydrogens is 273 g/mol. The molecule has 0 aromatic heterocycles. The van der Waals surface area contributed by atoms with Crippen molar-refractivity contribution >= 4 is 11.6 Å². The van der Waals surface area contributed by atoms with Crippen molar-refractivity contribution in [3.63, 3.8) is 0 Å². The Labute approximate surface area is 125 Å². The Balaban J connectivity index is 1.65. The fourth-order valence-corrected chi connectivity index (χ4v) is 3.53. The summed E-state index contributed by atoms with van der Waals surface area (Å²) in [6, 6.07) is 6.03. The van der Waals surface area contributed by atoms with Gasteiger partial charge in [0.1, 0.15) is 5.82 Å². The fourth-order valence-electron chi connectivity index (χ4n) is 3.41. The first-order valence-electron chi connectivity index (χ1n) is 7.89. The van der Waals surface area contributed by atoms with Gasteiger partial charge in [0, 0.05) is 6.04 Å². The van der Waals surface area contributed by atoms with Crippen molar-refractivity contribution in [2.75, 3.05) is 6.54 Å². The van der Waals surface area contributed by atoms with E-state index in [4.69, 9.17) is 11.6 Å². The molecule has 0 spiro atoms. The minimum absolute atomic E-state index is 0.224. The summed E-state index contributed by atoms with van der Waals surface area (Å²) >= 11 is 5.77. The van der Waals surface area contributed by atoms with Crippen molar-refractivity contribution in [2.24, 2.45) is 11.8 Å². The van der Waals surface area contributed by atoms with Gasteiger partial charge in [-0.25, -0.2) is 4.39 Å². The van der Waals surface area contributed by atoms with Crippen LogP contribution in [0.1, 0.15) is 44.1 Å². The van der Waals surface area contributed by atoms with Gasteiger partial charge in [0.15, 0.2) is 0 Å². The van der Waals surface area contributed by atoms with Crippen molar-refractivity contribution < 1.29 is 4.39 Å². The van der Waals surface area contributed by atoms with E-state index < -0.39 is 0 Å². The van der Waals surface area contributed by atoms with E-state index >= 15 is 0 Å². The van der Waals surface area contributed by atoms with Crippen molar-refractivity contribution in [1.29, 1.82) is 0 Å². The predicted octanol–water partition coefficient (Wildman–Crippen LogP) is 4.58. The Morgan fingerprint density at radius 1 is 1.20 bits per heavy atom. The Bertz CT molecular complexity index is 452. The van der Waals surface area contributed by atoms with Gasteiger partial charge in [-0.15, -0.1) is 0 Å². The van der Waals surface area contributed by atoms with Gasteiger partial charge < -0.3 is 5.32 Å². The second-order valence-electron chi connectivity index (χ2n) is 6.44. The molecule has 1 aromatic carbocycles. The zero-order valence-corrected chi connectivity index (χ0v) is 12.6. The second kappa shape index (κ2) is 6.44. The highest BCUT2D eigenvalue weighted by Gasteiger charge is 2.28. The van der Waals surface area contributed by atoms with Crippen LogP contribution < -0.4 is 5.32 Å². The molecule has 2 fully saturated rings. The van der Waals surface area contributed by atoms with Gasteiger partial charge in [0.25, 0.3) is 0 Å². The largest absolute Gasteiger partial charge is 0.314 e. The van der Waals surface area contributed by atoms with Crippen molar-refractivity contribution in [1.82, 2.24) is 5.32 Å². The highest BCUT2D eigenvalue weighted by molar-refractivity contribution is 6.30. The average molecular weight is 296 g/mol. The summed E-state index contributed by atoms with van der Waals surface area (Å²) in [6.45, 7) is 1.08. The summed E-state index contributed by atoms with van der Waals surface area (Å²) < 4.78 is 13.6. The van der Waals surface area contributed by atoms with Gasteiger partial charge in [-0.1, -0.05) is 43.4 Å². The van der Waals surface area contributed by atoms with Crippen LogP contribution in [-0.4, -0.2) is 12.6 Å². The van der Waals surface area contributed by atoms with Gasteiger partial charge in [-0.05, 0) is 55.3 Å². The average Bonchev–Trinajstić information content (AvgIpc) is 3.10. The molecule has 1 nitrogen and oxygen atoms in total. The molecule has 1 atom stereocenters. The monoisotopic (exact) mass is 295 g/mol. The van der Waals surface area contributed by atoms with Crippen LogP contribution in [0, 0.1) is 17.7 Å². The molecule has 0 amide bonds. The smallest absolute Gasteiger partial charge is 0.142 e. The van der Waals surface area contributed by atoms with Crippen LogP contribution in [0.4, 0.5) is 4.39 Å². The molecular formula is C17H23ClFN. The topological polar surface area (TPSA) is 12.0 Å². The van der Waals surface area contributed by atoms with Crippen LogP contribution in [-0.2, 0) is 6.42 Å². The molecule has 3 heteroatoms. The number of benzene rings is 1. The van der Waals surface area contributed by atoms with E-state index in [1.54, 1.807) is 12.1 Å². The van der Waals surface area contributed by atoms with E-state index in [1.807, 2.05) is 6.07 Å². The zero-order valence-electron chi connectivity index (χ0n) is 11.9. The maximum atomic E-state index is 13.6. The van der Waals surface area contributed by atoms with E-state index in [9.17, 15) is 4.39 Å². The Hall–Kier alpha value is -0.600.